The molecule has 1 aliphatic heterocycles. The second kappa shape index (κ2) is 6.03. The number of imide groups is 1. The van der Waals surface area contributed by atoms with Crippen molar-refractivity contribution in [1.82, 2.24) is 15.5 Å². The Bertz CT molecular complexity index is 443. The molecular formula is C15H25N3O3. The fraction of sp³-hybridized carbons (Fsp3) is 0.800. The number of amides is 4. The summed E-state index contributed by atoms with van der Waals surface area (Å²) in [6.07, 6.45) is 4.79. The van der Waals surface area contributed by atoms with Crippen LogP contribution in [0.4, 0.5) is 4.79 Å². The minimum Gasteiger partial charge on any atom is -0.352 e. The SMILES string of the molecule is CC(C)CC1(C)NC(=O)N(CC(=O)NC2CCCC2)C1=O. The first-order valence-electron chi connectivity index (χ1n) is 7.75. The van der Waals surface area contributed by atoms with Crippen molar-refractivity contribution in [3.63, 3.8) is 0 Å². The van der Waals surface area contributed by atoms with Gasteiger partial charge in [-0.3, -0.25) is 14.5 Å². The van der Waals surface area contributed by atoms with Crippen LogP contribution < -0.4 is 10.6 Å². The van der Waals surface area contributed by atoms with Gasteiger partial charge < -0.3 is 10.6 Å². The first-order chi connectivity index (χ1) is 9.82. The van der Waals surface area contributed by atoms with Crippen LogP contribution in [0.2, 0.25) is 0 Å². The average molecular weight is 295 g/mol. The molecule has 0 aromatic rings. The fourth-order valence-electron chi connectivity index (χ4n) is 3.33. The molecule has 2 N–H and O–H groups in total. The Morgan fingerprint density at radius 2 is 2.00 bits per heavy atom. The summed E-state index contributed by atoms with van der Waals surface area (Å²) in [7, 11) is 0. The maximum absolute atomic E-state index is 12.4. The van der Waals surface area contributed by atoms with Crippen LogP contribution >= 0.6 is 0 Å². The number of nitrogens with one attached hydrogen (secondary N) is 2. The minimum absolute atomic E-state index is 0.186. The molecule has 118 valence electrons. The van der Waals surface area contributed by atoms with Crippen molar-refractivity contribution in [3.05, 3.63) is 0 Å². The molecule has 21 heavy (non-hydrogen) atoms. The molecule has 1 heterocycles. The number of hydrogen-bond acceptors (Lipinski definition) is 3. The molecule has 0 radical (unpaired) electrons. The first kappa shape index (κ1) is 15.8. The van der Waals surface area contributed by atoms with Crippen molar-refractivity contribution in [2.75, 3.05) is 6.54 Å². The summed E-state index contributed by atoms with van der Waals surface area (Å²) in [5, 5.41) is 5.62. The lowest BCUT2D eigenvalue weighted by Crippen LogP contribution is -2.46. The highest BCUT2D eigenvalue weighted by molar-refractivity contribution is 6.08. The van der Waals surface area contributed by atoms with Gasteiger partial charge in [0.05, 0.1) is 0 Å². The smallest absolute Gasteiger partial charge is 0.325 e. The molecule has 2 fully saturated rings. The molecule has 2 aliphatic rings. The van der Waals surface area contributed by atoms with Crippen molar-refractivity contribution < 1.29 is 14.4 Å². The molecule has 0 spiro atoms. The van der Waals surface area contributed by atoms with Crippen molar-refractivity contribution in [3.8, 4) is 0 Å². The summed E-state index contributed by atoms with van der Waals surface area (Å²) in [6.45, 7) is 5.54. The van der Waals surface area contributed by atoms with Crippen molar-refractivity contribution >= 4 is 17.8 Å². The largest absolute Gasteiger partial charge is 0.352 e. The standard InChI is InChI=1S/C15H25N3O3/c1-10(2)8-15(3)13(20)18(14(21)17-15)9-12(19)16-11-6-4-5-7-11/h10-11H,4-9H2,1-3H3,(H,16,19)(H,17,21). The molecule has 1 unspecified atom stereocenters. The van der Waals surface area contributed by atoms with Gasteiger partial charge in [0.15, 0.2) is 0 Å². The van der Waals surface area contributed by atoms with Crippen LogP contribution in [0, 0.1) is 5.92 Å². The van der Waals surface area contributed by atoms with Crippen LogP contribution in [0.25, 0.3) is 0 Å². The number of hydrogen-bond donors (Lipinski definition) is 2. The first-order valence-corrected chi connectivity index (χ1v) is 7.75. The van der Waals surface area contributed by atoms with Gasteiger partial charge in [0.25, 0.3) is 5.91 Å². The Hall–Kier alpha value is -1.59. The number of carbonyl (C=O) groups is 3. The Balaban J connectivity index is 1.95. The van der Waals surface area contributed by atoms with E-state index >= 15 is 0 Å². The van der Waals surface area contributed by atoms with Gasteiger partial charge in [-0.15, -0.1) is 0 Å². The van der Waals surface area contributed by atoms with Crippen LogP contribution in [-0.4, -0.2) is 40.9 Å². The normalized spacial score (nSPS) is 26.6. The molecule has 1 atom stereocenters. The zero-order valence-corrected chi connectivity index (χ0v) is 13.1. The Labute approximate surface area is 125 Å². The summed E-state index contributed by atoms with van der Waals surface area (Å²) in [4.78, 5) is 37.4. The molecule has 0 aromatic carbocycles. The van der Waals surface area contributed by atoms with Crippen molar-refractivity contribution in [2.45, 2.75) is 64.5 Å². The predicted octanol–water partition coefficient (Wildman–Crippen LogP) is 1.40. The fourth-order valence-corrected chi connectivity index (χ4v) is 3.33. The predicted molar refractivity (Wildman–Crippen MR) is 78.5 cm³/mol. The number of urea groups is 1. The van der Waals surface area contributed by atoms with Gasteiger partial charge in [0.1, 0.15) is 12.1 Å². The lowest BCUT2D eigenvalue weighted by molar-refractivity contribution is -0.135. The second-order valence-corrected chi connectivity index (χ2v) is 6.80. The van der Waals surface area contributed by atoms with Gasteiger partial charge >= 0.3 is 6.03 Å². The highest BCUT2D eigenvalue weighted by Gasteiger charge is 2.48. The van der Waals surface area contributed by atoms with Crippen LogP contribution in [0.3, 0.4) is 0 Å². The highest BCUT2D eigenvalue weighted by atomic mass is 16.2. The second-order valence-electron chi connectivity index (χ2n) is 6.80. The van der Waals surface area contributed by atoms with E-state index in [0.717, 1.165) is 30.6 Å². The molecular weight excluding hydrogens is 270 g/mol. The summed E-state index contributed by atoms with van der Waals surface area (Å²) < 4.78 is 0. The number of nitrogens with zero attached hydrogens (tertiary/aromatic N) is 1. The summed E-state index contributed by atoms with van der Waals surface area (Å²) in [5.74, 6) is -0.270. The molecule has 0 bridgehead atoms. The quantitative estimate of drug-likeness (QED) is 0.753. The molecule has 6 nitrogen and oxygen atoms in total. The maximum Gasteiger partial charge on any atom is 0.325 e. The molecule has 0 aromatic heterocycles. The third-order valence-electron chi connectivity index (χ3n) is 4.18. The van der Waals surface area contributed by atoms with E-state index in [1.54, 1.807) is 6.92 Å². The van der Waals surface area contributed by atoms with Gasteiger partial charge in [-0.25, -0.2) is 4.79 Å². The van der Waals surface area contributed by atoms with E-state index in [1.165, 1.54) is 0 Å². The van der Waals surface area contributed by atoms with E-state index in [0.29, 0.717) is 6.42 Å². The summed E-state index contributed by atoms with van der Waals surface area (Å²) in [5.41, 5.74) is -0.890. The Morgan fingerprint density at radius 3 is 2.57 bits per heavy atom. The Morgan fingerprint density at radius 1 is 1.38 bits per heavy atom. The van der Waals surface area contributed by atoms with Crippen LogP contribution in [-0.2, 0) is 9.59 Å². The molecule has 1 saturated heterocycles. The van der Waals surface area contributed by atoms with Crippen LogP contribution in [0.1, 0.15) is 52.9 Å². The van der Waals surface area contributed by atoms with E-state index in [9.17, 15) is 14.4 Å². The van der Waals surface area contributed by atoms with E-state index in [2.05, 4.69) is 10.6 Å². The van der Waals surface area contributed by atoms with Crippen molar-refractivity contribution in [2.24, 2.45) is 5.92 Å². The van der Waals surface area contributed by atoms with Gasteiger partial charge in [-0.2, -0.15) is 0 Å². The van der Waals surface area contributed by atoms with Gasteiger partial charge in [0, 0.05) is 6.04 Å². The van der Waals surface area contributed by atoms with Gasteiger partial charge in [-0.05, 0) is 32.1 Å². The monoisotopic (exact) mass is 295 g/mol. The third kappa shape index (κ3) is 3.54. The zero-order chi connectivity index (χ0) is 15.6. The lowest BCUT2D eigenvalue weighted by Gasteiger charge is -2.23. The van der Waals surface area contributed by atoms with E-state index < -0.39 is 11.6 Å². The minimum atomic E-state index is -0.890. The molecule has 1 aliphatic carbocycles. The molecule has 1 saturated carbocycles. The third-order valence-corrected chi connectivity index (χ3v) is 4.18. The maximum atomic E-state index is 12.4. The van der Waals surface area contributed by atoms with Crippen LogP contribution in [0.5, 0.6) is 0 Å². The number of carbonyl (C=O) groups excluding carboxylic acids is 3. The average Bonchev–Trinajstić information content (AvgIpc) is 2.92. The number of rotatable bonds is 5. The van der Waals surface area contributed by atoms with Crippen molar-refractivity contribution in [1.29, 1.82) is 0 Å². The summed E-state index contributed by atoms with van der Waals surface area (Å²) >= 11 is 0. The van der Waals surface area contributed by atoms with Gasteiger partial charge in [-0.1, -0.05) is 26.7 Å². The highest BCUT2D eigenvalue weighted by Crippen LogP contribution is 2.25. The topological polar surface area (TPSA) is 78.5 Å². The molecule has 6 heteroatoms. The zero-order valence-electron chi connectivity index (χ0n) is 13.1. The lowest BCUT2D eigenvalue weighted by atomic mass is 9.91. The summed E-state index contributed by atoms with van der Waals surface area (Å²) in [6, 6.07) is -0.273. The van der Waals surface area contributed by atoms with Gasteiger partial charge in [0.2, 0.25) is 5.91 Å². The van der Waals surface area contributed by atoms with E-state index in [1.807, 2.05) is 13.8 Å². The van der Waals surface area contributed by atoms with E-state index in [4.69, 9.17) is 0 Å². The van der Waals surface area contributed by atoms with E-state index in [-0.39, 0.29) is 30.3 Å². The molecule has 4 amide bonds. The Kier molecular flexibility index (Phi) is 4.54. The molecule has 2 rings (SSSR count). The van der Waals surface area contributed by atoms with Crippen LogP contribution in [0.15, 0.2) is 0 Å².